The number of aromatic nitrogens is 2. The average molecular weight is 674 g/mol. The van der Waals surface area contributed by atoms with Crippen molar-refractivity contribution >= 4 is 43.6 Å². The summed E-state index contributed by atoms with van der Waals surface area (Å²) < 4.78 is 88.3. The third-order valence-electron chi connectivity index (χ3n) is 9.27. The maximum atomic E-state index is 14.1. The summed E-state index contributed by atoms with van der Waals surface area (Å²) in [4.78, 5) is 0. The molecule has 50 heavy (non-hydrogen) atoms. The molecule has 0 saturated carbocycles. The monoisotopic (exact) mass is 673 g/mol. The topological polar surface area (TPSA) is 33.6 Å². The zero-order chi connectivity index (χ0) is 35.1. The number of rotatable bonds is 3. The molecule has 0 aliphatic heterocycles. The van der Waals surface area contributed by atoms with E-state index in [4.69, 9.17) is 0 Å². The molecule has 246 valence electrons. The van der Waals surface area contributed by atoms with Gasteiger partial charge in [0.2, 0.25) is 0 Å². The third-order valence-corrected chi connectivity index (χ3v) is 9.27. The van der Waals surface area contributed by atoms with Crippen molar-refractivity contribution < 1.29 is 26.3 Å². The second kappa shape index (κ2) is 11.0. The molecule has 0 saturated heterocycles. The van der Waals surface area contributed by atoms with Crippen LogP contribution >= 0.6 is 0 Å². The number of fused-ring (bicyclic) bond motifs is 6. The molecule has 3 nitrogen and oxygen atoms in total. The minimum absolute atomic E-state index is 0.0579. The maximum Gasteiger partial charge on any atom is 0.416 e. The van der Waals surface area contributed by atoms with Crippen molar-refractivity contribution in [3.8, 4) is 28.6 Å². The summed E-state index contributed by atoms with van der Waals surface area (Å²) in [5.41, 5.74) is 2.85. The molecule has 8 rings (SSSR count). The Balaban J connectivity index is 1.56. The molecule has 8 aromatic rings. The van der Waals surface area contributed by atoms with Gasteiger partial charge >= 0.3 is 12.4 Å². The van der Waals surface area contributed by atoms with Crippen molar-refractivity contribution in [1.29, 1.82) is 5.26 Å². The third kappa shape index (κ3) is 4.90. The van der Waals surface area contributed by atoms with Crippen LogP contribution < -0.4 is 0 Å². The van der Waals surface area contributed by atoms with Crippen molar-refractivity contribution in [3.05, 3.63) is 143 Å². The van der Waals surface area contributed by atoms with Crippen molar-refractivity contribution in [3.63, 3.8) is 0 Å². The molecule has 0 aliphatic carbocycles. The summed E-state index contributed by atoms with van der Waals surface area (Å²) in [5.74, 6) is 0. The van der Waals surface area contributed by atoms with Gasteiger partial charge in [-0.05, 0) is 86.1 Å². The normalized spacial score (nSPS) is 12.4. The number of benzene rings is 6. The first kappa shape index (κ1) is 31.3. The van der Waals surface area contributed by atoms with Crippen LogP contribution in [-0.4, -0.2) is 9.13 Å². The summed E-state index contributed by atoms with van der Waals surface area (Å²) in [6.45, 7) is 3.96. The zero-order valence-corrected chi connectivity index (χ0v) is 26.6. The molecule has 2 aromatic heterocycles. The van der Waals surface area contributed by atoms with Crippen LogP contribution in [0.1, 0.15) is 27.8 Å². The highest BCUT2D eigenvalue weighted by atomic mass is 19.4. The van der Waals surface area contributed by atoms with Crippen LogP contribution in [0.4, 0.5) is 26.3 Å². The van der Waals surface area contributed by atoms with Crippen molar-refractivity contribution in [2.75, 3.05) is 0 Å². The van der Waals surface area contributed by atoms with Crippen LogP contribution in [0.3, 0.4) is 0 Å². The summed E-state index contributed by atoms with van der Waals surface area (Å²) in [7, 11) is 0. The van der Waals surface area contributed by atoms with Crippen molar-refractivity contribution in [2.45, 2.75) is 26.2 Å². The Morgan fingerprint density at radius 2 is 0.940 bits per heavy atom. The highest BCUT2D eigenvalue weighted by Crippen LogP contribution is 2.43. The van der Waals surface area contributed by atoms with E-state index in [9.17, 15) is 31.6 Å². The number of para-hydroxylation sites is 2. The van der Waals surface area contributed by atoms with Gasteiger partial charge in [-0.1, -0.05) is 59.7 Å². The minimum atomic E-state index is -5.06. The Bertz CT molecular complexity index is 2690. The van der Waals surface area contributed by atoms with Gasteiger partial charge in [-0.2, -0.15) is 31.6 Å². The predicted octanol–water partition coefficient (Wildman–Crippen LogP) is 12.1. The molecular weight excluding hydrogens is 648 g/mol. The fraction of sp³-hybridized carbons (Fsp3) is 0.0976. The number of nitriles is 1. The molecule has 0 spiro atoms. The lowest BCUT2D eigenvalue weighted by Crippen LogP contribution is -2.11. The summed E-state index contributed by atoms with van der Waals surface area (Å²) in [6, 6.07) is 34.1. The molecule has 0 bridgehead atoms. The van der Waals surface area contributed by atoms with E-state index in [-0.39, 0.29) is 22.8 Å². The molecule has 0 aliphatic rings. The average Bonchev–Trinajstić information content (AvgIpc) is 3.58. The van der Waals surface area contributed by atoms with Crippen LogP contribution in [0.5, 0.6) is 0 Å². The Hall–Kier alpha value is -6.01. The van der Waals surface area contributed by atoms with Crippen molar-refractivity contribution in [2.24, 2.45) is 0 Å². The predicted molar refractivity (Wildman–Crippen MR) is 185 cm³/mol. The number of hydrogen-bond acceptors (Lipinski definition) is 1. The highest BCUT2D eigenvalue weighted by Gasteiger charge is 2.37. The SMILES string of the molecule is Cc1ccc2c(c1)c1ccccc1n2-c1cc(C#N)c(-c2cc(C(F)(F)F)cc(C(F)(F)F)c2)cc1-n1c2ccccc2c2cc(C)ccc21. The molecular formula is C41H25F6N3. The standard InChI is InChI=1S/C41H25F6N3/c1-23-11-13-36-32(15-23)29-7-3-5-9-34(29)49(36)38-19-26(22-48)31(25-17-27(40(42,43)44)20-28(18-25)41(45,46)47)21-39(38)50-35-10-6-4-8-30(35)33-16-24(2)12-14-37(33)50/h3-21H,1-2H3. The van der Waals surface area contributed by atoms with Crippen molar-refractivity contribution in [1.82, 2.24) is 9.13 Å². The molecule has 9 heteroatoms. The van der Waals surface area contributed by atoms with Gasteiger partial charge in [-0.3, -0.25) is 0 Å². The van der Waals surface area contributed by atoms with E-state index >= 15 is 0 Å². The van der Waals surface area contributed by atoms with E-state index in [0.29, 0.717) is 23.5 Å². The van der Waals surface area contributed by atoms with Gasteiger partial charge in [0.1, 0.15) is 0 Å². The Labute approximate surface area is 281 Å². The number of hydrogen-bond donors (Lipinski definition) is 0. The lowest BCUT2D eigenvalue weighted by molar-refractivity contribution is -0.143. The summed E-state index contributed by atoms with van der Waals surface area (Å²) in [5, 5.41) is 14.3. The van der Waals surface area contributed by atoms with Crippen LogP contribution in [0.2, 0.25) is 0 Å². The molecule has 0 unspecified atom stereocenters. The zero-order valence-electron chi connectivity index (χ0n) is 26.6. The van der Waals surface area contributed by atoms with Crippen LogP contribution in [0.25, 0.3) is 66.1 Å². The second-order valence-electron chi connectivity index (χ2n) is 12.5. The molecule has 0 fully saturated rings. The lowest BCUT2D eigenvalue weighted by atomic mass is 9.94. The maximum absolute atomic E-state index is 14.1. The van der Waals surface area contributed by atoms with Gasteiger partial charge in [-0.25, -0.2) is 0 Å². The molecule has 0 N–H and O–H groups in total. The second-order valence-corrected chi connectivity index (χ2v) is 12.5. The van der Waals surface area contributed by atoms with Gasteiger partial charge in [0, 0.05) is 27.1 Å². The van der Waals surface area contributed by atoms with Crippen LogP contribution in [0.15, 0.2) is 115 Å². The van der Waals surface area contributed by atoms with E-state index in [2.05, 4.69) is 12.1 Å². The van der Waals surface area contributed by atoms with E-state index in [1.54, 1.807) is 12.1 Å². The van der Waals surface area contributed by atoms with E-state index in [1.807, 2.05) is 102 Å². The minimum Gasteiger partial charge on any atom is -0.307 e. The van der Waals surface area contributed by atoms with Gasteiger partial charge in [0.05, 0.1) is 56.2 Å². The summed E-state index contributed by atoms with van der Waals surface area (Å²) in [6.07, 6.45) is -10.1. The Morgan fingerprint density at radius 3 is 1.40 bits per heavy atom. The number of aryl methyl sites for hydroxylation is 2. The van der Waals surface area contributed by atoms with Gasteiger partial charge < -0.3 is 9.13 Å². The van der Waals surface area contributed by atoms with Gasteiger partial charge in [0.15, 0.2) is 0 Å². The molecule has 6 aromatic carbocycles. The lowest BCUT2D eigenvalue weighted by Gasteiger charge is -2.20. The van der Waals surface area contributed by atoms with Gasteiger partial charge in [0.25, 0.3) is 0 Å². The van der Waals surface area contributed by atoms with Crippen LogP contribution in [-0.2, 0) is 12.4 Å². The first-order valence-corrected chi connectivity index (χ1v) is 15.7. The molecule has 0 atom stereocenters. The van der Waals surface area contributed by atoms with Crippen LogP contribution in [0, 0.1) is 25.2 Å². The largest absolute Gasteiger partial charge is 0.416 e. The first-order valence-electron chi connectivity index (χ1n) is 15.7. The number of halogens is 6. The van der Waals surface area contributed by atoms with Gasteiger partial charge in [-0.15, -0.1) is 0 Å². The quantitative estimate of drug-likeness (QED) is 0.172. The Kier molecular flexibility index (Phi) is 6.88. The van der Waals surface area contributed by atoms with E-state index in [0.717, 1.165) is 54.7 Å². The summed E-state index contributed by atoms with van der Waals surface area (Å²) >= 11 is 0. The number of nitrogens with zero attached hydrogens (tertiary/aromatic N) is 3. The Morgan fingerprint density at radius 1 is 0.500 bits per heavy atom. The molecule has 0 amide bonds. The fourth-order valence-electron chi connectivity index (χ4n) is 7.07. The van der Waals surface area contributed by atoms with E-state index < -0.39 is 23.5 Å². The van der Waals surface area contributed by atoms with E-state index in [1.165, 1.54) is 0 Å². The number of alkyl halides is 6. The first-order chi connectivity index (χ1) is 23.8. The molecule has 2 heterocycles. The fourth-order valence-corrected chi connectivity index (χ4v) is 7.07. The molecule has 0 radical (unpaired) electrons. The smallest absolute Gasteiger partial charge is 0.307 e. The highest BCUT2D eigenvalue weighted by molar-refractivity contribution is 6.12.